The van der Waals surface area contributed by atoms with E-state index in [0.717, 1.165) is 30.6 Å². The minimum absolute atomic E-state index is 0.0281. The summed E-state index contributed by atoms with van der Waals surface area (Å²) in [6.07, 6.45) is 7.17. The highest BCUT2D eigenvalue weighted by atomic mass is 32.2. The van der Waals surface area contributed by atoms with Crippen LogP contribution in [-0.4, -0.2) is 89.8 Å². The Hall–Kier alpha value is -3.69. The molecule has 1 saturated carbocycles. The largest absolute Gasteiger partial charge is 0.383 e. The van der Waals surface area contributed by atoms with Crippen LogP contribution < -0.4 is 15.5 Å². The molecular formula is C27H34N8O3S. The molecule has 0 bridgehead atoms. The predicted octanol–water partition coefficient (Wildman–Crippen LogP) is 2.97. The average molecular weight is 551 g/mol. The molecule has 0 unspecified atom stereocenters. The monoisotopic (exact) mass is 550 g/mol. The molecule has 12 heteroatoms. The van der Waals surface area contributed by atoms with Crippen molar-refractivity contribution in [2.45, 2.75) is 37.8 Å². The fourth-order valence-electron chi connectivity index (χ4n) is 4.86. The van der Waals surface area contributed by atoms with Gasteiger partial charge in [0.2, 0.25) is 5.91 Å². The second kappa shape index (κ2) is 12.0. The standard InChI is InChI=1S/C27H34N8O3S/c1-33(2)27(7-8-27)25(37)34(3)16-19-12-18-6-5-10-35(24(18)31-22(19)17-36)26(38)32-23-13-21(29-9-11-39-4)20(14-28)15-30-23/h12-13,15,17H,5-11,16H2,1-4H3,(H2,29,30,32,38). The number of hydrogen-bond donors (Lipinski definition) is 2. The van der Waals surface area contributed by atoms with Crippen LogP contribution in [0.25, 0.3) is 0 Å². The number of nitriles is 1. The molecule has 1 fully saturated rings. The first-order valence-corrected chi connectivity index (χ1v) is 14.3. The van der Waals surface area contributed by atoms with Gasteiger partial charge in [-0.1, -0.05) is 0 Å². The summed E-state index contributed by atoms with van der Waals surface area (Å²) in [5.74, 6) is 1.63. The molecule has 3 amide bonds. The Morgan fingerprint density at radius 1 is 1.28 bits per heavy atom. The molecule has 2 aromatic rings. The topological polar surface area (TPSA) is 135 Å². The normalized spacial score (nSPS) is 15.2. The van der Waals surface area contributed by atoms with Crippen molar-refractivity contribution < 1.29 is 14.4 Å². The van der Waals surface area contributed by atoms with Gasteiger partial charge >= 0.3 is 6.03 Å². The van der Waals surface area contributed by atoms with Crippen molar-refractivity contribution in [1.29, 1.82) is 5.26 Å². The molecule has 3 heterocycles. The SMILES string of the molecule is CSCCNc1cc(NC(=O)N2CCCc3cc(CN(C)C(=O)C4(N(C)C)CC4)c(C=O)nc32)ncc1C#N. The van der Waals surface area contributed by atoms with Crippen molar-refractivity contribution in [3.05, 3.63) is 40.7 Å². The minimum atomic E-state index is -0.462. The number of hydrogen-bond acceptors (Lipinski definition) is 9. The van der Waals surface area contributed by atoms with Crippen LogP contribution in [0.5, 0.6) is 0 Å². The van der Waals surface area contributed by atoms with Crippen LogP contribution in [0.3, 0.4) is 0 Å². The summed E-state index contributed by atoms with van der Waals surface area (Å²) < 4.78 is 0. The lowest BCUT2D eigenvalue weighted by Crippen LogP contribution is -2.46. The van der Waals surface area contributed by atoms with Crippen LogP contribution in [0.15, 0.2) is 18.3 Å². The number of nitrogens with one attached hydrogen (secondary N) is 2. The van der Waals surface area contributed by atoms with Crippen molar-refractivity contribution in [3.8, 4) is 6.07 Å². The van der Waals surface area contributed by atoms with Crippen LogP contribution in [0, 0.1) is 11.3 Å². The summed E-state index contributed by atoms with van der Waals surface area (Å²) >= 11 is 1.68. The number of urea groups is 1. The Morgan fingerprint density at radius 3 is 2.69 bits per heavy atom. The molecule has 206 valence electrons. The first-order valence-electron chi connectivity index (χ1n) is 12.9. The Balaban J connectivity index is 1.53. The van der Waals surface area contributed by atoms with Gasteiger partial charge in [-0.2, -0.15) is 17.0 Å². The van der Waals surface area contributed by atoms with E-state index in [1.165, 1.54) is 11.1 Å². The number of likely N-dealkylation sites (N-methyl/N-ethyl adjacent to an activating group) is 2. The van der Waals surface area contributed by atoms with E-state index in [0.29, 0.717) is 54.2 Å². The second-order valence-electron chi connectivity index (χ2n) is 10.1. The smallest absolute Gasteiger partial charge is 0.328 e. The Labute approximate surface area is 232 Å². The van der Waals surface area contributed by atoms with E-state index in [-0.39, 0.29) is 18.1 Å². The fraction of sp³-hybridized carbons (Fsp3) is 0.481. The van der Waals surface area contributed by atoms with Gasteiger partial charge in [0.25, 0.3) is 0 Å². The summed E-state index contributed by atoms with van der Waals surface area (Å²) in [6.45, 7) is 1.36. The Morgan fingerprint density at radius 2 is 2.05 bits per heavy atom. The number of aldehydes is 1. The maximum atomic E-state index is 13.3. The lowest BCUT2D eigenvalue weighted by atomic mass is 10.0. The molecule has 0 radical (unpaired) electrons. The molecule has 2 aromatic heterocycles. The molecule has 1 aliphatic carbocycles. The number of rotatable bonds is 10. The van der Waals surface area contributed by atoms with Crippen LogP contribution in [-0.2, 0) is 17.8 Å². The summed E-state index contributed by atoms with van der Waals surface area (Å²) in [7, 11) is 5.56. The van der Waals surface area contributed by atoms with Gasteiger partial charge in [-0.15, -0.1) is 0 Å². The van der Waals surface area contributed by atoms with Crippen LogP contribution in [0.2, 0.25) is 0 Å². The van der Waals surface area contributed by atoms with Gasteiger partial charge in [0.05, 0.1) is 11.3 Å². The fourth-order valence-corrected chi connectivity index (χ4v) is 5.17. The zero-order chi connectivity index (χ0) is 28.2. The molecule has 0 aromatic carbocycles. The van der Waals surface area contributed by atoms with Crippen LogP contribution in [0.4, 0.5) is 22.1 Å². The Kier molecular flexibility index (Phi) is 8.72. The first kappa shape index (κ1) is 28.3. The van der Waals surface area contributed by atoms with Crippen LogP contribution >= 0.6 is 11.8 Å². The highest BCUT2D eigenvalue weighted by molar-refractivity contribution is 7.98. The van der Waals surface area contributed by atoms with Crippen molar-refractivity contribution in [1.82, 2.24) is 19.8 Å². The number of anilines is 3. The zero-order valence-electron chi connectivity index (χ0n) is 22.8. The summed E-state index contributed by atoms with van der Waals surface area (Å²) in [6, 6.07) is 5.22. The molecule has 2 aliphatic rings. The van der Waals surface area contributed by atoms with E-state index in [1.54, 1.807) is 29.8 Å². The lowest BCUT2D eigenvalue weighted by Gasteiger charge is -2.31. The number of nitrogens with zero attached hydrogens (tertiary/aromatic N) is 6. The number of aromatic nitrogens is 2. The van der Waals surface area contributed by atoms with Gasteiger partial charge in [0.15, 0.2) is 6.29 Å². The van der Waals surface area contributed by atoms with E-state index in [9.17, 15) is 19.6 Å². The second-order valence-corrected chi connectivity index (χ2v) is 11.0. The summed E-state index contributed by atoms with van der Waals surface area (Å²) in [5, 5.41) is 15.4. The maximum Gasteiger partial charge on any atom is 0.328 e. The molecule has 0 atom stereocenters. The quantitative estimate of drug-likeness (QED) is 0.338. The molecule has 11 nitrogen and oxygen atoms in total. The van der Waals surface area contributed by atoms with Gasteiger partial charge in [-0.25, -0.2) is 14.8 Å². The number of aryl methyl sites for hydroxylation is 1. The third-order valence-electron chi connectivity index (χ3n) is 7.24. The van der Waals surface area contributed by atoms with Crippen molar-refractivity contribution >= 4 is 47.3 Å². The molecule has 4 rings (SSSR count). The van der Waals surface area contributed by atoms with E-state index < -0.39 is 11.6 Å². The highest BCUT2D eigenvalue weighted by Crippen LogP contribution is 2.42. The molecular weight excluding hydrogens is 516 g/mol. The molecule has 1 aliphatic heterocycles. The average Bonchev–Trinajstić information content (AvgIpc) is 3.74. The van der Waals surface area contributed by atoms with E-state index in [1.807, 2.05) is 31.3 Å². The molecule has 0 saturated heterocycles. The van der Waals surface area contributed by atoms with E-state index >= 15 is 0 Å². The van der Waals surface area contributed by atoms with Gasteiger partial charge in [0.1, 0.15) is 28.9 Å². The van der Waals surface area contributed by atoms with Crippen molar-refractivity contribution in [2.24, 2.45) is 0 Å². The zero-order valence-corrected chi connectivity index (χ0v) is 23.6. The molecule has 0 spiro atoms. The highest BCUT2D eigenvalue weighted by Gasteiger charge is 2.53. The van der Waals surface area contributed by atoms with Gasteiger partial charge in [0, 0.05) is 50.3 Å². The predicted molar refractivity (Wildman–Crippen MR) is 152 cm³/mol. The number of carbonyl (C=O) groups is 3. The Bertz CT molecular complexity index is 1300. The van der Waals surface area contributed by atoms with E-state index in [2.05, 4.69) is 26.7 Å². The lowest BCUT2D eigenvalue weighted by molar-refractivity contribution is -0.136. The molecule has 39 heavy (non-hydrogen) atoms. The van der Waals surface area contributed by atoms with Crippen molar-refractivity contribution in [2.75, 3.05) is 61.8 Å². The van der Waals surface area contributed by atoms with Gasteiger partial charge in [-0.3, -0.25) is 24.7 Å². The van der Waals surface area contributed by atoms with Gasteiger partial charge in [-0.05, 0) is 57.7 Å². The third kappa shape index (κ3) is 5.99. The minimum Gasteiger partial charge on any atom is -0.383 e. The van der Waals surface area contributed by atoms with E-state index in [4.69, 9.17) is 0 Å². The maximum absolute atomic E-state index is 13.3. The number of carbonyl (C=O) groups excluding carboxylic acids is 3. The molecule has 2 N–H and O–H groups in total. The summed E-state index contributed by atoms with van der Waals surface area (Å²) in [4.78, 5) is 52.3. The first-order chi connectivity index (χ1) is 18.7. The third-order valence-corrected chi connectivity index (χ3v) is 7.86. The number of amides is 3. The van der Waals surface area contributed by atoms with Crippen molar-refractivity contribution in [3.63, 3.8) is 0 Å². The number of thioether (sulfide) groups is 1. The van der Waals surface area contributed by atoms with Gasteiger partial charge < -0.3 is 10.2 Å². The number of fused-ring (bicyclic) bond motifs is 1. The number of pyridine rings is 2. The van der Waals surface area contributed by atoms with Crippen LogP contribution in [0.1, 0.15) is 46.4 Å². The summed E-state index contributed by atoms with van der Waals surface area (Å²) in [5.41, 5.74) is 2.24.